The van der Waals surface area contributed by atoms with Crippen molar-refractivity contribution in [2.24, 2.45) is 0 Å². The van der Waals surface area contributed by atoms with Gasteiger partial charge in [-0.15, -0.1) is 0 Å². The van der Waals surface area contributed by atoms with Gasteiger partial charge in [-0.05, 0) is 75.2 Å². The summed E-state index contributed by atoms with van der Waals surface area (Å²) in [5, 5.41) is 12.0. The van der Waals surface area contributed by atoms with Gasteiger partial charge in [-0.1, -0.05) is 30.7 Å². The lowest BCUT2D eigenvalue weighted by Gasteiger charge is -2.32. The number of carbonyl (C=O) groups excluding carboxylic acids is 1. The summed E-state index contributed by atoms with van der Waals surface area (Å²) in [6.07, 6.45) is 9.01. The molecule has 41 heavy (non-hydrogen) atoms. The standard InChI is InChI=1S/C31H35N7O3/c32-30-27-28(22-13-15-25(16-14-22)41-24-10-3-1-4-11-24)35-38(29(27)31(40)34-33-30)23-9-7-20-37(21-23)26(39)12-8-19-36-17-5-2-6-18-36/h1,3-4,8,10-16,23H,2,5-7,9,17-21H2,(H2,32,33)(H,34,40)/b12-8+/t23-/m1/s1. The number of nitrogens with one attached hydrogen (secondary N) is 1. The molecule has 2 aliphatic heterocycles. The molecule has 0 radical (unpaired) electrons. The van der Waals surface area contributed by atoms with E-state index in [-0.39, 0.29) is 23.3 Å². The second-order valence-corrected chi connectivity index (χ2v) is 10.7. The summed E-state index contributed by atoms with van der Waals surface area (Å²) in [5.74, 6) is 1.62. The van der Waals surface area contributed by atoms with Crippen LogP contribution in [0.25, 0.3) is 22.2 Å². The van der Waals surface area contributed by atoms with Crippen molar-refractivity contribution in [2.75, 3.05) is 38.5 Å². The number of nitrogens with two attached hydrogens (primary N) is 1. The second-order valence-electron chi connectivity index (χ2n) is 10.7. The lowest BCUT2D eigenvalue weighted by Crippen LogP contribution is -2.40. The average molecular weight is 554 g/mol. The first-order valence-electron chi connectivity index (χ1n) is 14.3. The van der Waals surface area contributed by atoms with Gasteiger partial charge in [0.25, 0.3) is 5.56 Å². The van der Waals surface area contributed by atoms with Gasteiger partial charge < -0.3 is 15.4 Å². The van der Waals surface area contributed by atoms with Gasteiger partial charge in [0.05, 0.1) is 11.4 Å². The van der Waals surface area contributed by atoms with Gasteiger partial charge >= 0.3 is 0 Å². The van der Waals surface area contributed by atoms with Crippen LogP contribution in [0, 0.1) is 0 Å². The minimum Gasteiger partial charge on any atom is -0.457 e. The molecule has 1 atom stereocenters. The Morgan fingerprint density at radius 2 is 1.76 bits per heavy atom. The molecule has 1 amide bonds. The number of piperidine rings is 2. The number of hydrogen-bond donors (Lipinski definition) is 2. The molecule has 212 valence electrons. The first kappa shape index (κ1) is 26.8. The Labute approximate surface area is 238 Å². The van der Waals surface area contributed by atoms with E-state index in [0.717, 1.165) is 43.8 Å². The fourth-order valence-corrected chi connectivity index (χ4v) is 5.79. The van der Waals surface area contributed by atoms with E-state index in [4.69, 9.17) is 15.6 Å². The highest BCUT2D eigenvalue weighted by Crippen LogP contribution is 2.34. The molecule has 2 aromatic heterocycles. The fraction of sp³-hybridized carbons (Fsp3) is 0.355. The number of hydrogen-bond acceptors (Lipinski definition) is 7. The van der Waals surface area contributed by atoms with E-state index in [0.29, 0.717) is 35.4 Å². The molecule has 10 nitrogen and oxygen atoms in total. The third-order valence-corrected chi connectivity index (χ3v) is 7.89. The normalized spacial score (nSPS) is 18.2. The van der Waals surface area contributed by atoms with Crippen LogP contribution in [0.2, 0.25) is 0 Å². The summed E-state index contributed by atoms with van der Waals surface area (Å²) in [6.45, 7) is 4.13. The summed E-state index contributed by atoms with van der Waals surface area (Å²) in [4.78, 5) is 30.4. The summed E-state index contributed by atoms with van der Waals surface area (Å²) in [5.41, 5.74) is 7.67. The van der Waals surface area contributed by atoms with E-state index in [1.165, 1.54) is 19.3 Å². The molecule has 2 fully saturated rings. The van der Waals surface area contributed by atoms with Crippen molar-refractivity contribution in [2.45, 2.75) is 38.1 Å². The Balaban J connectivity index is 1.24. The van der Waals surface area contributed by atoms with Gasteiger partial charge in [-0.3, -0.25) is 19.2 Å². The Morgan fingerprint density at radius 3 is 2.54 bits per heavy atom. The van der Waals surface area contributed by atoms with E-state index in [9.17, 15) is 9.59 Å². The van der Waals surface area contributed by atoms with Gasteiger partial charge in [0.15, 0.2) is 5.82 Å². The monoisotopic (exact) mass is 553 g/mol. The minimum atomic E-state index is -0.359. The van der Waals surface area contributed by atoms with Gasteiger partial charge in [0.2, 0.25) is 5.91 Å². The molecule has 3 N–H and O–H groups in total. The van der Waals surface area contributed by atoms with Crippen LogP contribution in [0.3, 0.4) is 0 Å². The number of rotatable bonds is 7. The van der Waals surface area contributed by atoms with Crippen molar-refractivity contribution in [3.8, 4) is 22.8 Å². The molecule has 0 spiro atoms. The van der Waals surface area contributed by atoms with Crippen LogP contribution < -0.4 is 16.0 Å². The molecule has 2 saturated heterocycles. The lowest BCUT2D eigenvalue weighted by molar-refractivity contribution is -0.127. The maximum atomic E-state index is 13.1. The first-order valence-corrected chi connectivity index (χ1v) is 14.3. The average Bonchev–Trinajstić information content (AvgIpc) is 3.43. The van der Waals surface area contributed by atoms with Crippen LogP contribution in [-0.4, -0.2) is 68.4 Å². The summed E-state index contributed by atoms with van der Waals surface area (Å²) in [6, 6.07) is 16.9. The van der Waals surface area contributed by atoms with Crippen molar-refractivity contribution >= 4 is 22.6 Å². The van der Waals surface area contributed by atoms with Crippen LogP contribution in [0.15, 0.2) is 71.5 Å². The molecule has 6 rings (SSSR count). The first-order chi connectivity index (χ1) is 20.1. The number of likely N-dealkylation sites (tertiary alicyclic amines) is 2. The molecule has 0 bridgehead atoms. The van der Waals surface area contributed by atoms with Crippen LogP contribution in [0.4, 0.5) is 5.82 Å². The minimum absolute atomic E-state index is 0.00695. The van der Waals surface area contributed by atoms with E-state index in [1.54, 1.807) is 10.8 Å². The topological polar surface area (TPSA) is 122 Å². The zero-order valence-corrected chi connectivity index (χ0v) is 23.0. The fourth-order valence-electron chi connectivity index (χ4n) is 5.79. The third kappa shape index (κ3) is 5.88. The number of ether oxygens (including phenoxy) is 1. The summed E-state index contributed by atoms with van der Waals surface area (Å²) in [7, 11) is 0. The summed E-state index contributed by atoms with van der Waals surface area (Å²) < 4.78 is 7.68. The predicted octanol–water partition coefficient (Wildman–Crippen LogP) is 4.37. The van der Waals surface area contributed by atoms with Gasteiger partial charge in [0, 0.05) is 31.3 Å². The number of nitrogen functional groups attached to an aromatic ring is 1. The molecule has 4 heterocycles. The van der Waals surface area contributed by atoms with Crippen molar-refractivity contribution < 1.29 is 9.53 Å². The number of fused-ring (bicyclic) bond motifs is 1. The zero-order valence-electron chi connectivity index (χ0n) is 23.0. The predicted molar refractivity (Wildman–Crippen MR) is 159 cm³/mol. The van der Waals surface area contributed by atoms with Gasteiger partial charge in [-0.25, -0.2) is 5.10 Å². The SMILES string of the molecule is Nc1n[nH]c(=O)c2c1c(-c1ccc(Oc3ccccc3)cc1)nn2[C@@H]1CCCN(C(=O)/C=C/CN2CCCCC2)C1. The molecule has 0 unspecified atom stereocenters. The molecule has 0 saturated carbocycles. The summed E-state index contributed by atoms with van der Waals surface area (Å²) >= 11 is 0. The van der Waals surface area contributed by atoms with E-state index in [2.05, 4.69) is 15.1 Å². The van der Waals surface area contributed by atoms with Crippen LogP contribution in [-0.2, 0) is 4.79 Å². The Kier molecular flexibility index (Phi) is 7.82. The van der Waals surface area contributed by atoms with Gasteiger partial charge in [0.1, 0.15) is 22.7 Å². The highest BCUT2D eigenvalue weighted by Gasteiger charge is 2.29. The number of H-pyrrole nitrogens is 1. The molecule has 4 aromatic rings. The van der Waals surface area contributed by atoms with Crippen molar-refractivity contribution in [3.05, 3.63) is 77.1 Å². The number of aromatic amines is 1. The molecule has 10 heteroatoms. The Hall–Kier alpha value is -4.44. The number of nitrogens with zero attached hydrogens (tertiary/aromatic N) is 5. The lowest BCUT2D eigenvalue weighted by atomic mass is 10.1. The number of para-hydroxylation sites is 1. The maximum absolute atomic E-state index is 13.1. The molecular weight excluding hydrogens is 518 g/mol. The maximum Gasteiger partial charge on any atom is 0.290 e. The van der Waals surface area contributed by atoms with E-state index < -0.39 is 0 Å². The van der Waals surface area contributed by atoms with Crippen molar-refractivity contribution in [1.29, 1.82) is 0 Å². The quantitative estimate of drug-likeness (QED) is 0.326. The van der Waals surface area contributed by atoms with Crippen molar-refractivity contribution in [3.63, 3.8) is 0 Å². The van der Waals surface area contributed by atoms with E-state index in [1.807, 2.05) is 65.6 Å². The second kappa shape index (κ2) is 12.0. The highest BCUT2D eigenvalue weighted by atomic mass is 16.5. The Morgan fingerprint density at radius 1 is 1.00 bits per heavy atom. The Bertz CT molecular complexity index is 1590. The smallest absolute Gasteiger partial charge is 0.290 e. The number of aromatic nitrogens is 4. The zero-order chi connectivity index (χ0) is 28.2. The van der Waals surface area contributed by atoms with Crippen LogP contribution in [0.5, 0.6) is 11.5 Å². The third-order valence-electron chi connectivity index (χ3n) is 7.89. The number of carbonyl (C=O) groups is 1. The van der Waals surface area contributed by atoms with Crippen LogP contribution in [0.1, 0.15) is 38.1 Å². The largest absolute Gasteiger partial charge is 0.457 e. The number of benzene rings is 2. The molecular formula is C31H35N7O3. The van der Waals surface area contributed by atoms with Crippen molar-refractivity contribution in [1.82, 2.24) is 29.8 Å². The molecule has 0 aliphatic carbocycles. The molecule has 2 aliphatic rings. The van der Waals surface area contributed by atoms with Gasteiger partial charge in [-0.2, -0.15) is 10.2 Å². The number of anilines is 1. The highest BCUT2D eigenvalue weighted by molar-refractivity contribution is 5.99. The number of amides is 1. The van der Waals surface area contributed by atoms with E-state index >= 15 is 0 Å². The van der Waals surface area contributed by atoms with Crippen LogP contribution >= 0.6 is 0 Å². The molecule has 2 aromatic carbocycles.